The molecule has 1 N–H and O–H groups in total. The minimum atomic E-state index is -0.931. The summed E-state index contributed by atoms with van der Waals surface area (Å²) in [6.07, 6.45) is 3.45. The normalized spacial score (nSPS) is 20.4. The third kappa shape index (κ3) is 3.80. The van der Waals surface area contributed by atoms with Gasteiger partial charge in [-0.05, 0) is 18.9 Å². The highest BCUT2D eigenvalue weighted by atomic mass is 16.5. The Labute approximate surface area is 159 Å². The molecule has 1 aliphatic carbocycles. The van der Waals surface area contributed by atoms with E-state index in [0.29, 0.717) is 12.8 Å². The van der Waals surface area contributed by atoms with Gasteiger partial charge in [-0.15, -0.1) is 0 Å². The number of hydrogen-bond acceptors (Lipinski definition) is 5. The molecule has 27 heavy (non-hydrogen) atoms. The first-order valence-corrected chi connectivity index (χ1v) is 9.47. The van der Waals surface area contributed by atoms with Gasteiger partial charge in [0.25, 0.3) is 5.91 Å². The average molecular weight is 376 g/mol. The molecule has 1 saturated carbocycles. The Hall–Kier alpha value is -2.12. The van der Waals surface area contributed by atoms with Gasteiger partial charge < -0.3 is 19.5 Å². The van der Waals surface area contributed by atoms with Crippen molar-refractivity contribution in [1.82, 2.24) is 9.80 Å². The number of benzene rings is 1. The number of amides is 3. The Bertz CT molecular complexity index is 687. The van der Waals surface area contributed by atoms with Crippen LogP contribution in [0.2, 0.25) is 0 Å². The average Bonchev–Trinajstić information content (AvgIpc) is 2.85. The van der Waals surface area contributed by atoms with Gasteiger partial charge in [0.2, 0.25) is 0 Å². The summed E-state index contributed by atoms with van der Waals surface area (Å²) in [5.74, 6) is 0.538. The summed E-state index contributed by atoms with van der Waals surface area (Å²) < 4.78 is 10.8. The molecule has 0 unspecified atom stereocenters. The Morgan fingerprint density at radius 1 is 1.19 bits per heavy atom. The molecule has 2 aliphatic rings. The molecular formula is C20H28N2O5. The van der Waals surface area contributed by atoms with Crippen molar-refractivity contribution < 1.29 is 24.2 Å². The van der Waals surface area contributed by atoms with Crippen molar-refractivity contribution in [2.24, 2.45) is 0 Å². The molecular weight excluding hydrogens is 348 g/mol. The van der Waals surface area contributed by atoms with E-state index in [1.807, 2.05) is 24.3 Å². The number of methoxy groups -OCH3 is 1. The Balaban J connectivity index is 1.55. The van der Waals surface area contributed by atoms with Gasteiger partial charge in [-0.2, -0.15) is 0 Å². The van der Waals surface area contributed by atoms with E-state index in [2.05, 4.69) is 0 Å². The van der Waals surface area contributed by atoms with Crippen LogP contribution in [0.1, 0.15) is 37.7 Å². The van der Waals surface area contributed by atoms with Crippen LogP contribution < -0.4 is 4.74 Å². The van der Waals surface area contributed by atoms with Crippen LogP contribution in [0.4, 0.5) is 4.79 Å². The molecule has 1 heterocycles. The molecule has 1 saturated heterocycles. The molecule has 3 amide bonds. The van der Waals surface area contributed by atoms with Gasteiger partial charge in [0.1, 0.15) is 11.3 Å². The van der Waals surface area contributed by atoms with Crippen molar-refractivity contribution in [3.63, 3.8) is 0 Å². The summed E-state index contributed by atoms with van der Waals surface area (Å²) in [4.78, 5) is 28.2. The SMILES string of the molecule is COc1ccccc1COC[C@@H](O)CN1C(=O)N(C)C2(CCCCC2)C1=O. The van der Waals surface area contributed by atoms with Crippen LogP contribution in [0.3, 0.4) is 0 Å². The fraction of sp³-hybridized carbons (Fsp3) is 0.600. The zero-order valence-electron chi connectivity index (χ0n) is 16.0. The van der Waals surface area contributed by atoms with Gasteiger partial charge in [0.15, 0.2) is 0 Å². The largest absolute Gasteiger partial charge is 0.496 e. The van der Waals surface area contributed by atoms with Crippen molar-refractivity contribution >= 4 is 11.9 Å². The van der Waals surface area contributed by atoms with E-state index < -0.39 is 11.6 Å². The lowest BCUT2D eigenvalue weighted by Crippen LogP contribution is -2.49. The summed E-state index contributed by atoms with van der Waals surface area (Å²) in [7, 11) is 3.28. The van der Waals surface area contributed by atoms with Gasteiger partial charge in [-0.3, -0.25) is 9.69 Å². The number of aliphatic hydroxyl groups excluding tert-OH is 1. The molecule has 0 radical (unpaired) electrons. The number of carbonyl (C=O) groups is 2. The van der Waals surface area contributed by atoms with Crippen LogP contribution >= 0.6 is 0 Å². The number of carbonyl (C=O) groups excluding carboxylic acids is 2. The van der Waals surface area contributed by atoms with E-state index in [0.717, 1.165) is 30.6 Å². The maximum Gasteiger partial charge on any atom is 0.327 e. The first-order chi connectivity index (χ1) is 13.0. The molecule has 7 nitrogen and oxygen atoms in total. The zero-order valence-corrected chi connectivity index (χ0v) is 16.0. The minimum absolute atomic E-state index is 0.0336. The molecule has 1 aromatic rings. The molecule has 2 fully saturated rings. The number of para-hydroxylation sites is 1. The first-order valence-electron chi connectivity index (χ1n) is 9.47. The standard InChI is InChI=1S/C20H28N2O5/c1-21-19(25)22(18(24)20(21)10-6-3-7-11-20)12-16(23)14-27-13-15-8-4-5-9-17(15)26-2/h4-5,8-9,16,23H,3,6-7,10-14H2,1-2H3/t16-/m0/s1. The van der Waals surface area contributed by atoms with E-state index in [1.54, 1.807) is 19.1 Å². The number of urea groups is 1. The third-order valence-electron chi connectivity index (χ3n) is 5.64. The summed E-state index contributed by atoms with van der Waals surface area (Å²) >= 11 is 0. The lowest BCUT2D eigenvalue weighted by atomic mass is 9.81. The zero-order chi connectivity index (χ0) is 19.4. The van der Waals surface area contributed by atoms with Crippen molar-refractivity contribution in [2.75, 3.05) is 27.3 Å². The molecule has 148 valence electrons. The van der Waals surface area contributed by atoms with Crippen LogP contribution in [0, 0.1) is 0 Å². The summed E-state index contributed by atoms with van der Waals surface area (Å²) in [5, 5.41) is 10.3. The van der Waals surface area contributed by atoms with E-state index in [4.69, 9.17) is 9.47 Å². The topological polar surface area (TPSA) is 79.3 Å². The molecule has 7 heteroatoms. The number of nitrogens with zero attached hydrogens (tertiary/aromatic N) is 2. The number of hydrogen-bond donors (Lipinski definition) is 1. The second-order valence-electron chi connectivity index (χ2n) is 7.33. The van der Waals surface area contributed by atoms with Crippen LogP contribution in [0.5, 0.6) is 5.75 Å². The highest BCUT2D eigenvalue weighted by Crippen LogP contribution is 2.39. The molecule has 1 spiro atoms. The second kappa shape index (κ2) is 8.27. The monoisotopic (exact) mass is 376 g/mol. The molecule has 3 rings (SSSR count). The maximum absolute atomic E-state index is 12.9. The predicted octanol–water partition coefficient (Wildman–Crippen LogP) is 2.17. The number of rotatable bonds is 7. The van der Waals surface area contributed by atoms with E-state index in [9.17, 15) is 14.7 Å². The molecule has 1 aromatic carbocycles. The number of ether oxygens (including phenoxy) is 2. The van der Waals surface area contributed by atoms with Crippen LogP contribution in [0.15, 0.2) is 24.3 Å². The summed E-state index contributed by atoms with van der Waals surface area (Å²) in [6.45, 7) is 0.272. The summed E-state index contributed by atoms with van der Waals surface area (Å²) in [5.41, 5.74) is 0.161. The number of aliphatic hydroxyl groups is 1. The molecule has 1 aliphatic heterocycles. The maximum atomic E-state index is 12.9. The fourth-order valence-corrected chi connectivity index (χ4v) is 4.08. The van der Waals surface area contributed by atoms with Gasteiger partial charge >= 0.3 is 6.03 Å². The summed E-state index contributed by atoms with van der Waals surface area (Å²) in [6, 6.07) is 7.17. The fourth-order valence-electron chi connectivity index (χ4n) is 4.08. The van der Waals surface area contributed by atoms with Crippen LogP contribution in [-0.2, 0) is 16.1 Å². The molecule has 0 bridgehead atoms. The lowest BCUT2D eigenvalue weighted by Gasteiger charge is -2.35. The van der Waals surface area contributed by atoms with E-state index >= 15 is 0 Å². The minimum Gasteiger partial charge on any atom is -0.496 e. The van der Waals surface area contributed by atoms with E-state index in [-0.39, 0.29) is 31.7 Å². The van der Waals surface area contributed by atoms with E-state index in [1.165, 1.54) is 4.90 Å². The Morgan fingerprint density at radius 2 is 1.89 bits per heavy atom. The highest BCUT2D eigenvalue weighted by molar-refractivity contribution is 6.07. The molecule has 1 atom stereocenters. The first kappa shape index (κ1) is 19.6. The van der Waals surface area contributed by atoms with Crippen molar-refractivity contribution in [2.45, 2.75) is 50.4 Å². The lowest BCUT2D eigenvalue weighted by molar-refractivity contribution is -0.135. The van der Waals surface area contributed by atoms with Crippen molar-refractivity contribution in [3.05, 3.63) is 29.8 Å². The second-order valence-corrected chi connectivity index (χ2v) is 7.33. The highest BCUT2D eigenvalue weighted by Gasteiger charge is 2.55. The van der Waals surface area contributed by atoms with Gasteiger partial charge in [0, 0.05) is 12.6 Å². The van der Waals surface area contributed by atoms with Crippen molar-refractivity contribution in [1.29, 1.82) is 0 Å². The third-order valence-corrected chi connectivity index (χ3v) is 5.64. The van der Waals surface area contributed by atoms with Crippen LogP contribution in [0.25, 0.3) is 0 Å². The van der Waals surface area contributed by atoms with Gasteiger partial charge in [-0.25, -0.2) is 4.79 Å². The quantitative estimate of drug-likeness (QED) is 0.738. The van der Waals surface area contributed by atoms with Crippen molar-refractivity contribution in [3.8, 4) is 5.75 Å². The number of imide groups is 1. The number of β-amino-alcohol motifs (C(OH)–C–C–N with tert-alkyl or cyclic N) is 1. The van der Waals surface area contributed by atoms with Crippen LogP contribution in [-0.4, -0.2) is 65.8 Å². The van der Waals surface area contributed by atoms with Gasteiger partial charge in [-0.1, -0.05) is 37.5 Å². The predicted molar refractivity (Wildman–Crippen MR) is 99.3 cm³/mol. The van der Waals surface area contributed by atoms with Gasteiger partial charge in [0.05, 0.1) is 33.0 Å². The Morgan fingerprint density at radius 3 is 2.59 bits per heavy atom. The number of likely N-dealkylation sites (N-methyl/N-ethyl adjacent to an activating group) is 1. The smallest absolute Gasteiger partial charge is 0.327 e. The molecule has 0 aromatic heterocycles. The Kier molecular flexibility index (Phi) is 6.01.